The van der Waals surface area contributed by atoms with Gasteiger partial charge in [-0.1, -0.05) is 11.6 Å². The van der Waals surface area contributed by atoms with E-state index < -0.39 is 10.0 Å². The average molecular weight is 396 g/mol. The zero-order valence-electron chi connectivity index (χ0n) is 15.0. The number of aromatic nitrogens is 1. The quantitative estimate of drug-likeness (QED) is 0.829. The van der Waals surface area contributed by atoms with Crippen molar-refractivity contribution >= 4 is 33.2 Å². The lowest BCUT2D eigenvalue weighted by molar-refractivity contribution is 0.0788. The molecule has 0 saturated carbocycles. The second kappa shape index (κ2) is 6.96. The van der Waals surface area contributed by atoms with Crippen LogP contribution in [-0.4, -0.2) is 37.3 Å². The van der Waals surface area contributed by atoms with Crippen LogP contribution < -0.4 is 4.72 Å². The topological polar surface area (TPSA) is 82.3 Å². The van der Waals surface area contributed by atoms with Crippen LogP contribution in [0.5, 0.6) is 0 Å². The normalized spacial score (nSPS) is 14.7. The van der Waals surface area contributed by atoms with Gasteiger partial charge in [0.25, 0.3) is 15.9 Å². The molecule has 6 nitrogen and oxygen atoms in total. The summed E-state index contributed by atoms with van der Waals surface area (Å²) in [6, 6.07) is 4.93. The minimum Gasteiger partial charge on any atom is -0.361 e. The van der Waals surface area contributed by atoms with Crippen molar-refractivity contribution in [2.24, 2.45) is 0 Å². The number of halogens is 1. The molecular weight excluding hydrogens is 374 g/mol. The molecule has 8 heteroatoms. The molecule has 0 aliphatic carbocycles. The van der Waals surface area contributed by atoms with E-state index in [1.807, 2.05) is 0 Å². The molecule has 2 N–H and O–H groups in total. The second-order valence-corrected chi connectivity index (χ2v) is 8.70. The number of aromatic amines is 1. The molecule has 0 atom stereocenters. The number of aryl methyl sites for hydroxylation is 3. The molecule has 1 aromatic heterocycles. The number of sulfonamides is 1. The molecule has 0 bridgehead atoms. The number of nitrogens with zero attached hydrogens (tertiary/aromatic N) is 1. The van der Waals surface area contributed by atoms with Gasteiger partial charge in [0.05, 0.1) is 11.3 Å². The summed E-state index contributed by atoms with van der Waals surface area (Å²) in [5, 5.41) is 0.531. The predicted molar refractivity (Wildman–Crippen MR) is 102 cm³/mol. The molecule has 26 heavy (non-hydrogen) atoms. The highest BCUT2D eigenvalue weighted by molar-refractivity contribution is 7.92. The van der Waals surface area contributed by atoms with Gasteiger partial charge < -0.3 is 9.88 Å². The molecule has 1 aromatic carbocycles. The van der Waals surface area contributed by atoms with Crippen LogP contribution in [0.2, 0.25) is 5.02 Å². The third-order valence-electron chi connectivity index (χ3n) is 4.63. The maximum Gasteiger partial charge on any atom is 0.264 e. The third kappa shape index (κ3) is 3.46. The van der Waals surface area contributed by atoms with Crippen LogP contribution >= 0.6 is 11.6 Å². The first-order valence-electron chi connectivity index (χ1n) is 8.48. The molecule has 0 unspecified atom stereocenters. The molecule has 1 fully saturated rings. The zero-order chi connectivity index (χ0) is 19.1. The van der Waals surface area contributed by atoms with Gasteiger partial charge in [-0.2, -0.15) is 0 Å². The fourth-order valence-electron chi connectivity index (χ4n) is 3.37. The van der Waals surface area contributed by atoms with E-state index in [1.54, 1.807) is 43.9 Å². The predicted octanol–water partition coefficient (Wildman–Crippen LogP) is 3.63. The van der Waals surface area contributed by atoms with Crippen LogP contribution in [0.25, 0.3) is 0 Å². The number of hydrogen-bond acceptors (Lipinski definition) is 3. The van der Waals surface area contributed by atoms with Crippen LogP contribution in [0.3, 0.4) is 0 Å². The Kier molecular flexibility index (Phi) is 5.03. The van der Waals surface area contributed by atoms with Crippen molar-refractivity contribution in [2.45, 2.75) is 38.5 Å². The van der Waals surface area contributed by atoms with Gasteiger partial charge in [0.2, 0.25) is 0 Å². The lowest BCUT2D eigenvalue weighted by Gasteiger charge is -2.17. The van der Waals surface area contributed by atoms with Crippen molar-refractivity contribution < 1.29 is 13.2 Å². The summed E-state index contributed by atoms with van der Waals surface area (Å²) in [6.07, 6.45) is 1.89. The fourth-order valence-corrected chi connectivity index (χ4v) is 5.18. The first-order chi connectivity index (χ1) is 12.2. The summed E-state index contributed by atoms with van der Waals surface area (Å²) in [4.78, 5) is 17.6. The van der Waals surface area contributed by atoms with Crippen molar-refractivity contribution in [1.82, 2.24) is 9.88 Å². The highest BCUT2D eigenvalue weighted by Gasteiger charge is 2.32. The highest BCUT2D eigenvalue weighted by Crippen LogP contribution is 2.29. The van der Waals surface area contributed by atoms with E-state index in [9.17, 15) is 13.2 Å². The molecule has 0 radical (unpaired) electrons. The molecule has 0 spiro atoms. The van der Waals surface area contributed by atoms with E-state index in [1.165, 1.54) is 0 Å². The van der Waals surface area contributed by atoms with E-state index in [2.05, 4.69) is 9.71 Å². The summed E-state index contributed by atoms with van der Waals surface area (Å²) in [7, 11) is -3.94. The number of benzene rings is 1. The largest absolute Gasteiger partial charge is 0.361 e. The number of anilines is 1. The summed E-state index contributed by atoms with van der Waals surface area (Å²) in [6.45, 7) is 6.48. The van der Waals surface area contributed by atoms with E-state index in [-0.39, 0.29) is 16.4 Å². The van der Waals surface area contributed by atoms with Crippen LogP contribution in [0.15, 0.2) is 23.1 Å². The summed E-state index contributed by atoms with van der Waals surface area (Å²) < 4.78 is 28.7. The lowest BCUT2D eigenvalue weighted by Crippen LogP contribution is -2.30. The minimum atomic E-state index is -3.94. The van der Waals surface area contributed by atoms with Crippen LogP contribution in [0.1, 0.15) is 40.2 Å². The molecule has 2 heterocycles. The van der Waals surface area contributed by atoms with Gasteiger partial charge >= 0.3 is 0 Å². The van der Waals surface area contributed by atoms with Gasteiger partial charge in [0.1, 0.15) is 4.90 Å². The second-order valence-electron chi connectivity index (χ2n) is 6.64. The monoisotopic (exact) mass is 395 g/mol. The number of rotatable bonds is 4. The summed E-state index contributed by atoms with van der Waals surface area (Å²) >= 11 is 5.94. The number of carbonyl (C=O) groups is 1. The average Bonchev–Trinajstić information content (AvgIpc) is 3.17. The van der Waals surface area contributed by atoms with Gasteiger partial charge in [-0.05, 0) is 57.4 Å². The van der Waals surface area contributed by atoms with Gasteiger partial charge in [-0.3, -0.25) is 9.52 Å². The molecule has 1 saturated heterocycles. The first-order valence-corrected chi connectivity index (χ1v) is 10.3. The molecular formula is C18H22ClN3O3S. The van der Waals surface area contributed by atoms with Gasteiger partial charge in [0, 0.05) is 29.5 Å². The Labute approximate surface area is 158 Å². The number of H-pyrrole nitrogens is 1. The molecule has 1 aliphatic rings. The third-order valence-corrected chi connectivity index (χ3v) is 6.40. The number of likely N-dealkylation sites (tertiary alicyclic amines) is 1. The van der Waals surface area contributed by atoms with E-state index in [0.717, 1.165) is 12.8 Å². The van der Waals surface area contributed by atoms with Crippen LogP contribution in [-0.2, 0) is 10.0 Å². The van der Waals surface area contributed by atoms with Crippen LogP contribution in [0.4, 0.5) is 5.69 Å². The molecule has 2 aromatic rings. The standard InChI is InChI=1S/C18H22ClN3O3S/c1-11-10-14(19)6-7-15(11)21-26(24,25)17-13(3)20-12(2)16(17)18(23)22-8-4-5-9-22/h6-7,10,20-21H,4-5,8-9H2,1-3H3. The molecule has 3 rings (SSSR count). The van der Waals surface area contributed by atoms with E-state index in [4.69, 9.17) is 11.6 Å². The first kappa shape index (κ1) is 18.8. The number of amides is 1. The van der Waals surface area contributed by atoms with E-state index in [0.29, 0.717) is 40.8 Å². The number of hydrogen-bond donors (Lipinski definition) is 2. The van der Waals surface area contributed by atoms with Crippen LogP contribution in [0, 0.1) is 20.8 Å². The fraction of sp³-hybridized carbons (Fsp3) is 0.389. The van der Waals surface area contributed by atoms with E-state index >= 15 is 0 Å². The Morgan fingerprint density at radius 3 is 2.42 bits per heavy atom. The SMILES string of the molecule is Cc1cc(Cl)ccc1NS(=O)(=O)c1c(C)[nH]c(C)c1C(=O)N1CCCC1. The van der Waals surface area contributed by atoms with Gasteiger partial charge in [-0.25, -0.2) is 8.42 Å². The maximum atomic E-state index is 13.1. The Morgan fingerprint density at radius 2 is 1.81 bits per heavy atom. The Balaban J connectivity index is 2.03. The van der Waals surface area contributed by atoms with Crippen molar-refractivity contribution in [1.29, 1.82) is 0 Å². The Morgan fingerprint density at radius 1 is 1.15 bits per heavy atom. The summed E-state index contributed by atoms with van der Waals surface area (Å²) in [5.74, 6) is -0.238. The summed E-state index contributed by atoms with van der Waals surface area (Å²) in [5.41, 5.74) is 2.38. The molecule has 1 amide bonds. The zero-order valence-corrected chi connectivity index (χ0v) is 16.6. The van der Waals surface area contributed by atoms with Gasteiger partial charge in [-0.15, -0.1) is 0 Å². The van der Waals surface area contributed by atoms with Crippen molar-refractivity contribution in [3.05, 3.63) is 45.7 Å². The Bertz CT molecular complexity index is 960. The number of nitrogens with one attached hydrogen (secondary N) is 2. The Hall–Kier alpha value is -1.99. The number of carbonyl (C=O) groups excluding carboxylic acids is 1. The van der Waals surface area contributed by atoms with Gasteiger partial charge in [0.15, 0.2) is 0 Å². The van der Waals surface area contributed by atoms with Crippen molar-refractivity contribution in [3.63, 3.8) is 0 Å². The van der Waals surface area contributed by atoms with Crippen molar-refractivity contribution in [2.75, 3.05) is 17.8 Å². The highest BCUT2D eigenvalue weighted by atomic mass is 35.5. The van der Waals surface area contributed by atoms with Crippen molar-refractivity contribution in [3.8, 4) is 0 Å². The smallest absolute Gasteiger partial charge is 0.264 e. The maximum absolute atomic E-state index is 13.1. The molecule has 1 aliphatic heterocycles. The molecule has 140 valence electrons. The lowest BCUT2D eigenvalue weighted by atomic mass is 10.2. The minimum absolute atomic E-state index is 0.0150.